The average molecular weight is 273 g/mol. The van der Waals surface area contributed by atoms with Crippen LogP contribution in [0, 0.1) is 5.41 Å². The van der Waals surface area contributed by atoms with Crippen molar-refractivity contribution in [2.45, 2.75) is 13.8 Å². The fourth-order valence-corrected chi connectivity index (χ4v) is 1.50. The summed E-state index contributed by atoms with van der Waals surface area (Å²) in [6.07, 6.45) is 12.3. The number of rotatable bonds is 0. The SMILES string of the molecule is C=C1C=C[N-]C2=C1C=CC(C)(C)C=C2.[Y]. The first-order valence-corrected chi connectivity index (χ1v) is 4.78. The Hall–Kier alpha value is -0.396. The van der Waals surface area contributed by atoms with Crippen molar-refractivity contribution in [1.82, 2.24) is 0 Å². The van der Waals surface area contributed by atoms with Crippen LogP contribution in [0.1, 0.15) is 13.8 Å². The van der Waals surface area contributed by atoms with E-state index in [1.165, 1.54) is 0 Å². The van der Waals surface area contributed by atoms with Crippen LogP contribution in [0.15, 0.2) is 60.0 Å². The van der Waals surface area contributed by atoms with Gasteiger partial charge in [-0.25, -0.2) is 0 Å². The number of hydrogen-bond donors (Lipinski definition) is 0. The molecule has 2 heteroatoms. The second-order valence-corrected chi connectivity index (χ2v) is 4.26. The van der Waals surface area contributed by atoms with Gasteiger partial charge in [-0.3, -0.25) is 0 Å². The zero-order valence-corrected chi connectivity index (χ0v) is 12.0. The van der Waals surface area contributed by atoms with Crippen molar-refractivity contribution in [2.24, 2.45) is 5.41 Å². The van der Waals surface area contributed by atoms with E-state index in [2.05, 4.69) is 50.0 Å². The zero-order chi connectivity index (χ0) is 10.2. The molecular formula is C13H14NY-. The molecule has 1 aliphatic carbocycles. The van der Waals surface area contributed by atoms with Crippen molar-refractivity contribution in [3.8, 4) is 0 Å². The van der Waals surface area contributed by atoms with Crippen LogP contribution < -0.4 is 0 Å². The molecule has 0 aromatic rings. The molecule has 2 rings (SSSR count). The van der Waals surface area contributed by atoms with E-state index in [9.17, 15) is 0 Å². The molecule has 0 N–H and O–H groups in total. The molecule has 0 unspecified atom stereocenters. The van der Waals surface area contributed by atoms with Crippen molar-refractivity contribution < 1.29 is 32.7 Å². The molecule has 0 aromatic carbocycles. The van der Waals surface area contributed by atoms with E-state index in [0.717, 1.165) is 16.8 Å². The van der Waals surface area contributed by atoms with Gasteiger partial charge in [-0.1, -0.05) is 50.8 Å². The van der Waals surface area contributed by atoms with E-state index in [4.69, 9.17) is 0 Å². The molecule has 2 aliphatic rings. The largest absolute Gasteiger partial charge is 0.664 e. The summed E-state index contributed by atoms with van der Waals surface area (Å²) < 4.78 is 0. The maximum atomic E-state index is 4.33. The summed E-state index contributed by atoms with van der Waals surface area (Å²) in [5.74, 6) is 0. The van der Waals surface area contributed by atoms with Gasteiger partial charge in [-0.15, -0.1) is 5.70 Å². The average Bonchev–Trinajstić information content (AvgIpc) is 2.27. The van der Waals surface area contributed by atoms with E-state index in [0.29, 0.717) is 0 Å². The van der Waals surface area contributed by atoms with Gasteiger partial charge in [-0.05, 0) is 11.1 Å². The summed E-state index contributed by atoms with van der Waals surface area (Å²) in [4.78, 5) is 0. The first-order chi connectivity index (χ1) is 6.58. The summed E-state index contributed by atoms with van der Waals surface area (Å²) >= 11 is 0. The first-order valence-electron chi connectivity index (χ1n) is 4.78. The van der Waals surface area contributed by atoms with Gasteiger partial charge < -0.3 is 5.32 Å². The van der Waals surface area contributed by atoms with Gasteiger partial charge in [0.05, 0.1) is 0 Å². The van der Waals surface area contributed by atoms with Crippen molar-refractivity contribution >= 4 is 0 Å². The van der Waals surface area contributed by atoms with Crippen molar-refractivity contribution in [3.05, 3.63) is 65.3 Å². The Kier molecular flexibility index (Phi) is 3.91. The molecule has 75 valence electrons. The summed E-state index contributed by atoms with van der Waals surface area (Å²) in [5, 5.41) is 4.33. The smallest absolute Gasteiger partial charge is 0.00104 e. The molecule has 0 fully saturated rings. The topological polar surface area (TPSA) is 14.1 Å². The third kappa shape index (κ3) is 2.79. The van der Waals surface area contributed by atoms with E-state index >= 15 is 0 Å². The molecule has 0 saturated carbocycles. The van der Waals surface area contributed by atoms with Crippen LogP contribution in [0.4, 0.5) is 0 Å². The summed E-state index contributed by atoms with van der Waals surface area (Å²) in [5.41, 5.74) is 3.29. The third-order valence-corrected chi connectivity index (χ3v) is 2.46. The Balaban J connectivity index is 0.00000112. The minimum absolute atomic E-state index is 0. The molecule has 1 heterocycles. The monoisotopic (exact) mass is 273 g/mol. The Bertz CT molecular complexity index is 395. The molecule has 0 atom stereocenters. The minimum Gasteiger partial charge on any atom is -0.664 e. The van der Waals surface area contributed by atoms with Gasteiger partial charge >= 0.3 is 0 Å². The standard InChI is InChI=1S/C13H14N.Y/c1-10-6-9-14-12-5-8-13(2,3)7-4-11(10)12;/h4-9H,1H2,2-3H3;/q-1;. The van der Waals surface area contributed by atoms with Crippen molar-refractivity contribution in [1.29, 1.82) is 0 Å². The number of allylic oxidation sites excluding steroid dienone is 7. The molecule has 0 aromatic heterocycles. The predicted molar refractivity (Wildman–Crippen MR) is 60.7 cm³/mol. The quantitative estimate of drug-likeness (QED) is 0.636. The van der Waals surface area contributed by atoms with Crippen molar-refractivity contribution in [2.75, 3.05) is 0 Å². The number of nitrogens with zero attached hydrogens (tertiary/aromatic N) is 1. The van der Waals surface area contributed by atoms with Crippen LogP contribution in [-0.4, -0.2) is 0 Å². The maximum Gasteiger partial charge on any atom is 0.00104 e. The molecule has 0 bridgehead atoms. The van der Waals surface area contributed by atoms with Gasteiger partial charge in [0.15, 0.2) is 0 Å². The summed E-state index contributed by atoms with van der Waals surface area (Å²) in [6, 6.07) is 0. The van der Waals surface area contributed by atoms with E-state index in [1.54, 1.807) is 6.20 Å². The molecule has 0 spiro atoms. The van der Waals surface area contributed by atoms with Crippen LogP contribution >= 0.6 is 0 Å². The van der Waals surface area contributed by atoms with Gasteiger partial charge in [0.1, 0.15) is 0 Å². The van der Waals surface area contributed by atoms with Crippen LogP contribution in [0.3, 0.4) is 0 Å². The molecule has 0 amide bonds. The maximum absolute atomic E-state index is 4.33. The molecule has 1 radical (unpaired) electrons. The number of hydrogen-bond acceptors (Lipinski definition) is 0. The normalized spacial score (nSPS) is 21.6. The molecule has 1 aliphatic heterocycles. The molecule has 0 saturated heterocycles. The second kappa shape index (κ2) is 4.63. The van der Waals surface area contributed by atoms with Crippen molar-refractivity contribution in [3.63, 3.8) is 0 Å². The molecule has 1 nitrogen and oxygen atoms in total. The van der Waals surface area contributed by atoms with Gasteiger partial charge in [-0.2, -0.15) is 6.20 Å². The second-order valence-electron chi connectivity index (χ2n) is 4.26. The Morgan fingerprint density at radius 2 is 1.80 bits per heavy atom. The Morgan fingerprint density at radius 1 is 1.13 bits per heavy atom. The predicted octanol–water partition coefficient (Wildman–Crippen LogP) is 3.85. The fraction of sp³-hybridized carbons (Fsp3) is 0.231. The van der Waals surface area contributed by atoms with Gasteiger partial charge in [0.2, 0.25) is 0 Å². The Labute approximate surface area is 117 Å². The summed E-state index contributed by atoms with van der Waals surface area (Å²) in [6.45, 7) is 8.35. The zero-order valence-electron chi connectivity index (χ0n) is 9.20. The van der Waals surface area contributed by atoms with E-state index < -0.39 is 0 Å². The van der Waals surface area contributed by atoms with E-state index in [-0.39, 0.29) is 38.1 Å². The van der Waals surface area contributed by atoms with Crippen LogP contribution in [-0.2, 0) is 32.7 Å². The molecule has 15 heavy (non-hydrogen) atoms. The van der Waals surface area contributed by atoms with Crippen LogP contribution in [0.25, 0.3) is 5.32 Å². The summed E-state index contributed by atoms with van der Waals surface area (Å²) in [7, 11) is 0. The van der Waals surface area contributed by atoms with Crippen LogP contribution in [0.5, 0.6) is 0 Å². The van der Waals surface area contributed by atoms with Gasteiger partial charge in [0.25, 0.3) is 0 Å². The Morgan fingerprint density at radius 3 is 2.53 bits per heavy atom. The van der Waals surface area contributed by atoms with E-state index in [1.807, 2.05) is 6.08 Å². The van der Waals surface area contributed by atoms with Gasteiger partial charge in [0, 0.05) is 38.1 Å². The fourth-order valence-electron chi connectivity index (χ4n) is 1.50. The molecular weight excluding hydrogens is 259 g/mol. The minimum atomic E-state index is 0. The third-order valence-electron chi connectivity index (χ3n) is 2.46. The van der Waals surface area contributed by atoms with Crippen LogP contribution in [0.2, 0.25) is 0 Å². The first kappa shape index (κ1) is 12.7.